The molecule has 0 saturated carbocycles. The summed E-state index contributed by atoms with van der Waals surface area (Å²) in [6.07, 6.45) is 4.44. The highest BCUT2D eigenvalue weighted by atomic mass is 16.3. The fourth-order valence-corrected chi connectivity index (χ4v) is 3.26. The molecule has 3 rings (SSSR count). The Labute approximate surface area is 143 Å². The van der Waals surface area contributed by atoms with E-state index in [1.54, 1.807) is 6.92 Å². The zero-order valence-corrected chi connectivity index (χ0v) is 14.8. The molecule has 2 N–H and O–H groups in total. The highest BCUT2D eigenvalue weighted by Gasteiger charge is 2.22. The van der Waals surface area contributed by atoms with Crippen molar-refractivity contribution >= 4 is 0 Å². The van der Waals surface area contributed by atoms with Crippen molar-refractivity contribution in [2.24, 2.45) is 5.92 Å². The lowest BCUT2D eigenvalue weighted by Gasteiger charge is -2.31. The largest absolute Gasteiger partial charge is 0.387 e. The van der Waals surface area contributed by atoms with Gasteiger partial charge in [0.05, 0.1) is 24.0 Å². The maximum Gasteiger partial charge on any atom is 0.111 e. The van der Waals surface area contributed by atoms with Crippen molar-refractivity contribution in [3.05, 3.63) is 29.3 Å². The number of aliphatic hydroxyl groups is 1. The van der Waals surface area contributed by atoms with E-state index in [-0.39, 0.29) is 0 Å². The number of aromatic amines is 1. The predicted molar refractivity (Wildman–Crippen MR) is 91.3 cm³/mol. The molecule has 1 aliphatic rings. The highest BCUT2D eigenvalue weighted by molar-refractivity contribution is 5.09. The van der Waals surface area contributed by atoms with Crippen LogP contribution in [0.25, 0.3) is 0 Å². The van der Waals surface area contributed by atoms with Crippen molar-refractivity contribution in [1.29, 1.82) is 0 Å². The second-order valence-electron chi connectivity index (χ2n) is 7.29. The second kappa shape index (κ2) is 7.44. The summed E-state index contributed by atoms with van der Waals surface area (Å²) < 4.78 is 1.91. The summed E-state index contributed by atoms with van der Waals surface area (Å²) in [4.78, 5) is 2.45. The van der Waals surface area contributed by atoms with Crippen molar-refractivity contribution in [3.8, 4) is 0 Å². The molecule has 3 heterocycles. The Bertz CT molecular complexity index is 639. The summed E-state index contributed by atoms with van der Waals surface area (Å²) in [7, 11) is 0. The van der Waals surface area contributed by atoms with Crippen LogP contribution in [0.15, 0.2) is 12.3 Å². The van der Waals surface area contributed by atoms with Crippen molar-refractivity contribution in [2.75, 3.05) is 13.1 Å². The lowest BCUT2D eigenvalue weighted by atomic mass is 10.0. The zero-order chi connectivity index (χ0) is 17.1. The van der Waals surface area contributed by atoms with E-state index in [4.69, 9.17) is 0 Å². The van der Waals surface area contributed by atoms with Crippen LogP contribution in [-0.4, -0.2) is 48.3 Å². The highest BCUT2D eigenvalue weighted by Crippen LogP contribution is 2.23. The number of hydrogen-bond donors (Lipinski definition) is 2. The van der Waals surface area contributed by atoms with Gasteiger partial charge in [0.1, 0.15) is 5.69 Å². The Hall–Kier alpha value is -1.73. The molecule has 7 heteroatoms. The third kappa shape index (κ3) is 4.21. The average molecular weight is 332 g/mol. The van der Waals surface area contributed by atoms with E-state index in [0.29, 0.717) is 17.7 Å². The van der Waals surface area contributed by atoms with Crippen molar-refractivity contribution in [1.82, 2.24) is 30.1 Å². The number of aliphatic hydroxyl groups excluding tert-OH is 1. The van der Waals surface area contributed by atoms with Crippen molar-refractivity contribution in [2.45, 2.75) is 58.7 Å². The van der Waals surface area contributed by atoms with Crippen LogP contribution in [0.1, 0.15) is 62.8 Å². The molecule has 0 radical (unpaired) electrons. The third-order valence-corrected chi connectivity index (χ3v) is 4.58. The standard InChI is InChI=1S/C17H28N6O/c1-12(2)8-14-9-15(19-18-14)10-22-6-4-16(5-7-22)23-11-17(13(3)24)20-21-23/h9,11-13,16,24H,4-8,10H2,1-3H3,(H,18,19). The summed E-state index contributed by atoms with van der Waals surface area (Å²) in [6, 6.07) is 2.57. The van der Waals surface area contributed by atoms with Gasteiger partial charge in [-0.2, -0.15) is 5.10 Å². The third-order valence-electron chi connectivity index (χ3n) is 4.58. The maximum absolute atomic E-state index is 9.56. The molecular weight excluding hydrogens is 304 g/mol. The van der Waals surface area contributed by atoms with Crippen LogP contribution in [0.5, 0.6) is 0 Å². The number of H-pyrrole nitrogens is 1. The first-order chi connectivity index (χ1) is 11.5. The van der Waals surface area contributed by atoms with Gasteiger partial charge in [0.15, 0.2) is 0 Å². The first-order valence-corrected chi connectivity index (χ1v) is 8.86. The van der Waals surface area contributed by atoms with Crippen LogP contribution < -0.4 is 0 Å². The molecule has 0 aromatic carbocycles. The molecule has 2 aromatic rings. The van der Waals surface area contributed by atoms with Crippen LogP contribution in [-0.2, 0) is 13.0 Å². The average Bonchev–Trinajstić information content (AvgIpc) is 3.17. The molecule has 1 unspecified atom stereocenters. The Morgan fingerprint density at radius 3 is 2.67 bits per heavy atom. The number of nitrogens with zero attached hydrogens (tertiary/aromatic N) is 5. The van der Waals surface area contributed by atoms with Gasteiger partial charge in [0.25, 0.3) is 0 Å². The molecule has 1 fully saturated rings. The number of piperidine rings is 1. The van der Waals surface area contributed by atoms with E-state index < -0.39 is 6.10 Å². The van der Waals surface area contributed by atoms with Gasteiger partial charge < -0.3 is 5.11 Å². The summed E-state index contributed by atoms with van der Waals surface area (Å²) in [6.45, 7) is 9.14. The zero-order valence-electron chi connectivity index (χ0n) is 14.8. The van der Waals surface area contributed by atoms with Gasteiger partial charge in [-0.1, -0.05) is 19.1 Å². The molecule has 0 bridgehead atoms. The fourth-order valence-electron chi connectivity index (χ4n) is 3.26. The van der Waals surface area contributed by atoms with Crippen LogP contribution in [0.2, 0.25) is 0 Å². The Morgan fingerprint density at radius 2 is 2.04 bits per heavy atom. The Kier molecular flexibility index (Phi) is 5.30. The fraction of sp³-hybridized carbons (Fsp3) is 0.706. The topological polar surface area (TPSA) is 82.9 Å². The molecular formula is C17H28N6O. The van der Waals surface area contributed by atoms with Gasteiger partial charge in [0.2, 0.25) is 0 Å². The van der Waals surface area contributed by atoms with E-state index in [1.807, 2.05) is 10.9 Å². The SMILES string of the molecule is CC(C)Cc1cc(CN2CCC(n3cc(C(C)O)nn3)CC2)[nH]n1. The van der Waals surface area contributed by atoms with E-state index in [2.05, 4.69) is 45.3 Å². The first-order valence-electron chi connectivity index (χ1n) is 8.86. The minimum atomic E-state index is -0.556. The molecule has 0 spiro atoms. The smallest absolute Gasteiger partial charge is 0.111 e. The quantitative estimate of drug-likeness (QED) is 0.846. The second-order valence-corrected chi connectivity index (χ2v) is 7.29. The lowest BCUT2D eigenvalue weighted by molar-refractivity contribution is 0.170. The minimum absolute atomic E-state index is 0.375. The van der Waals surface area contributed by atoms with E-state index >= 15 is 0 Å². The molecule has 2 aromatic heterocycles. The molecule has 24 heavy (non-hydrogen) atoms. The van der Waals surface area contributed by atoms with Crippen molar-refractivity contribution < 1.29 is 5.11 Å². The van der Waals surface area contributed by atoms with Crippen LogP contribution in [0.4, 0.5) is 0 Å². The van der Waals surface area contributed by atoms with Gasteiger partial charge in [-0.05, 0) is 38.2 Å². The summed E-state index contributed by atoms with van der Waals surface area (Å²) in [5, 5.41) is 25.4. The number of rotatable bonds is 6. The van der Waals surface area contributed by atoms with E-state index in [1.165, 1.54) is 5.69 Å². The predicted octanol–water partition coefficient (Wildman–Crippen LogP) is 2.09. The Balaban J connectivity index is 1.50. The number of hydrogen-bond acceptors (Lipinski definition) is 5. The molecule has 132 valence electrons. The maximum atomic E-state index is 9.56. The first kappa shape index (κ1) is 17.1. The van der Waals surface area contributed by atoms with Crippen molar-refractivity contribution in [3.63, 3.8) is 0 Å². The van der Waals surface area contributed by atoms with E-state index in [9.17, 15) is 5.11 Å². The molecule has 0 amide bonds. The minimum Gasteiger partial charge on any atom is -0.387 e. The molecule has 1 atom stereocenters. The molecule has 1 aliphatic heterocycles. The van der Waals surface area contributed by atoms with Gasteiger partial charge in [0, 0.05) is 25.3 Å². The van der Waals surface area contributed by atoms with Gasteiger partial charge in [-0.3, -0.25) is 10.00 Å². The van der Waals surface area contributed by atoms with Gasteiger partial charge in [-0.15, -0.1) is 5.10 Å². The monoisotopic (exact) mass is 332 g/mol. The number of aromatic nitrogens is 5. The molecule has 0 aliphatic carbocycles. The summed E-state index contributed by atoms with van der Waals surface area (Å²) in [5.41, 5.74) is 3.00. The van der Waals surface area contributed by atoms with E-state index in [0.717, 1.165) is 44.6 Å². The number of likely N-dealkylation sites (tertiary alicyclic amines) is 1. The summed E-state index contributed by atoms with van der Waals surface area (Å²) >= 11 is 0. The van der Waals surface area contributed by atoms with Gasteiger partial charge >= 0.3 is 0 Å². The number of nitrogens with one attached hydrogen (secondary N) is 1. The van der Waals surface area contributed by atoms with Crippen LogP contribution >= 0.6 is 0 Å². The van der Waals surface area contributed by atoms with Crippen LogP contribution in [0.3, 0.4) is 0 Å². The molecule has 1 saturated heterocycles. The Morgan fingerprint density at radius 1 is 1.29 bits per heavy atom. The lowest BCUT2D eigenvalue weighted by Crippen LogP contribution is -2.34. The molecule has 7 nitrogen and oxygen atoms in total. The normalized spacial score (nSPS) is 18.4. The summed E-state index contributed by atoms with van der Waals surface area (Å²) in [5.74, 6) is 0.631. The van der Waals surface area contributed by atoms with Crippen LogP contribution in [0, 0.1) is 5.92 Å². The van der Waals surface area contributed by atoms with Gasteiger partial charge in [-0.25, -0.2) is 4.68 Å².